The van der Waals surface area contributed by atoms with E-state index < -0.39 is 10.0 Å². The number of hydrogen-bond acceptors (Lipinski definition) is 3. The molecule has 2 atom stereocenters. The van der Waals surface area contributed by atoms with Gasteiger partial charge in [0.15, 0.2) is 0 Å². The van der Waals surface area contributed by atoms with Crippen molar-refractivity contribution in [2.24, 2.45) is 17.6 Å². The molecule has 2 fully saturated rings. The van der Waals surface area contributed by atoms with E-state index >= 15 is 0 Å². The maximum absolute atomic E-state index is 11.9. The Morgan fingerprint density at radius 3 is 2.26 bits per heavy atom. The predicted molar refractivity (Wildman–Crippen MR) is 80.9 cm³/mol. The van der Waals surface area contributed by atoms with Crippen molar-refractivity contribution >= 4 is 22.4 Å². The van der Waals surface area contributed by atoms with Crippen molar-refractivity contribution in [2.75, 3.05) is 12.3 Å². The minimum Gasteiger partial charge on any atom is -0.328 e. The third-order valence-electron chi connectivity index (χ3n) is 4.43. The molecule has 0 radical (unpaired) electrons. The van der Waals surface area contributed by atoms with Crippen molar-refractivity contribution in [1.82, 2.24) is 4.72 Å². The second-order valence-electron chi connectivity index (χ2n) is 6.05. The Hall–Kier alpha value is 0.160. The molecule has 2 aliphatic rings. The van der Waals surface area contributed by atoms with Gasteiger partial charge in [-0.2, -0.15) is 0 Å². The monoisotopic (exact) mass is 310 g/mol. The van der Waals surface area contributed by atoms with Crippen molar-refractivity contribution in [1.29, 1.82) is 0 Å². The second kappa shape index (κ2) is 7.81. The summed E-state index contributed by atoms with van der Waals surface area (Å²) in [6.07, 6.45) is 8.84. The molecule has 19 heavy (non-hydrogen) atoms. The fourth-order valence-corrected chi connectivity index (χ4v) is 4.22. The van der Waals surface area contributed by atoms with E-state index in [0.717, 1.165) is 32.1 Å². The van der Waals surface area contributed by atoms with Crippen molar-refractivity contribution < 1.29 is 8.42 Å². The Kier molecular flexibility index (Phi) is 7.08. The number of halogens is 1. The fourth-order valence-electron chi connectivity index (χ4n) is 2.94. The molecule has 0 aromatic heterocycles. The molecule has 6 heteroatoms. The lowest BCUT2D eigenvalue weighted by Crippen LogP contribution is -2.36. The van der Waals surface area contributed by atoms with Crippen LogP contribution in [-0.4, -0.2) is 26.8 Å². The molecule has 0 saturated heterocycles. The first-order valence-electron chi connectivity index (χ1n) is 7.28. The van der Waals surface area contributed by atoms with Gasteiger partial charge in [-0.1, -0.05) is 25.7 Å². The van der Waals surface area contributed by atoms with Gasteiger partial charge in [0.25, 0.3) is 0 Å². The average Bonchev–Trinajstić information content (AvgIpc) is 2.24. The van der Waals surface area contributed by atoms with Gasteiger partial charge < -0.3 is 5.73 Å². The van der Waals surface area contributed by atoms with Gasteiger partial charge in [0.1, 0.15) is 0 Å². The van der Waals surface area contributed by atoms with E-state index in [4.69, 9.17) is 5.73 Å². The Morgan fingerprint density at radius 1 is 1.05 bits per heavy atom. The summed E-state index contributed by atoms with van der Waals surface area (Å²) in [4.78, 5) is 0. The van der Waals surface area contributed by atoms with Crippen LogP contribution in [0.1, 0.15) is 51.4 Å². The van der Waals surface area contributed by atoms with Crippen LogP contribution >= 0.6 is 12.4 Å². The van der Waals surface area contributed by atoms with E-state index in [-0.39, 0.29) is 18.4 Å². The van der Waals surface area contributed by atoms with E-state index in [2.05, 4.69) is 4.72 Å². The summed E-state index contributed by atoms with van der Waals surface area (Å²) >= 11 is 0. The van der Waals surface area contributed by atoms with E-state index in [0.29, 0.717) is 24.1 Å². The summed E-state index contributed by atoms with van der Waals surface area (Å²) in [6, 6.07) is 0.267. The third kappa shape index (κ3) is 5.98. The normalized spacial score (nSPS) is 28.5. The van der Waals surface area contributed by atoms with E-state index in [1.54, 1.807) is 0 Å². The highest BCUT2D eigenvalue weighted by Crippen LogP contribution is 2.29. The number of nitrogens with two attached hydrogens (primary N) is 1. The van der Waals surface area contributed by atoms with E-state index in [1.165, 1.54) is 19.3 Å². The molecule has 2 saturated carbocycles. The highest BCUT2D eigenvalue weighted by molar-refractivity contribution is 7.89. The molecular weight excluding hydrogens is 284 g/mol. The minimum atomic E-state index is -3.06. The molecule has 4 nitrogen and oxygen atoms in total. The molecule has 2 rings (SSSR count). The summed E-state index contributed by atoms with van der Waals surface area (Å²) in [6.45, 7) is 0.584. The molecule has 3 N–H and O–H groups in total. The molecule has 0 bridgehead atoms. The zero-order valence-corrected chi connectivity index (χ0v) is 13.1. The van der Waals surface area contributed by atoms with Crippen molar-refractivity contribution in [3.05, 3.63) is 0 Å². The first-order valence-corrected chi connectivity index (χ1v) is 8.93. The van der Waals surface area contributed by atoms with Crippen LogP contribution in [-0.2, 0) is 10.0 Å². The summed E-state index contributed by atoms with van der Waals surface area (Å²) in [5.74, 6) is 1.40. The molecular formula is C13H27ClN2O2S. The highest BCUT2D eigenvalue weighted by atomic mass is 35.5. The number of rotatable bonds is 6. The number of sulfonamides is 1. The van der Waals surface area contributed by atoms with Gasteiger partial charge in [-0.25, -0.2) is 13.1 Å². The van der Waals surface area contributed by atoms with Crippen LogP contribution in [0, 0.1) is 11.8 Å². The molecule has 0 aromatic carbocycles. The molecule has 0 aromatic rings. The van der Waals surface area contributed by atoms with Crippen LogP contribution in [0.4, 0.5) is 0 Å². The zero-order chi connectivity index (χ0) is 13.0. The predicted octanol–water partition coefficient (Wildman–Crippen LogP) is 2.04. The lowest BCUT2D eigenvalue weighted by atomic mass is 9.84. The van der Waals surface area contributed by atoms with Gasteiger partial charge >= 0.3 is 0 Å². The van der Waals surface area contributed by atoms with Crippen LogP contribution in [0.15, 0.2) is 0 Å². The SMILES string of the molecule is Cl.NC1CCCC(CNS(=O)(=O)CCC2CCC2)C1. The Morgan fingerprint density at radius 2 is 1.68 bits per heavy atom. The first-order chi connectivity index (χ1) is 8.55. The standard InChI is InChI=1S/C13H26N2O2S.ClH/c14-13-6-2-5-12(9-13)10-15-18(16,17)8-7-11-3-1-4-11;/h11-13,15H,1-10,14H2;1H. The lowest BCUT2D eigenvalue weighted by molar-refractivity contribution is 0.306. The Labute approximate surface area is 123 Å². The highest BCUT2D eigenvalue weighted by Gasteiger charge is 2.23. The number of hydrogen-bond donors (Lipinski definition) is 2. The van der Waals surface area contributed by atoms with Gasteiger partial charge in [0, 0.05) is 12.6 Å². The average molecular weight is 311 g/mol. The van der Waals surface area contributed by atoms with Gasteiger partial charge in [0.05, 0.1) is 5.75 Å². The van der Waals surface area contributed by atoms with Crippen molar-refractivity contribution in [3.8, 4) is 0 Å². The maximum atomic E-state index is 11.9. The topological polar surface area (TPSA) is 72.2 Å². The summed E-state index contributed by atoms with van der Waals surface area (Å²) in [5.41, 5.74) is 5.91. The molecule has 0 heterocycles. The molecule has 0 amide bonds. The zero-order valence-electron chi connectivity index (χ0n) is 11.5. The van der Waals surface area contributed by atoms with E-state index in [1.807, 2.05) is 0 Å². The Balaban J connectivity index is 0.00000180. The first kappa shape index (κ1) is 17.2. The minimum absolute atomic E-state index is 0. The lowest BCUT2D eigenvalue weighted by Gasteiger charge is -2.27. The van der Waals surface area contributed by atoms with E-state index in [9.17, 15) is 8.42 Å². The maximum Gasteiger partial charge on any atom is 0.211 e. The van der Waals surface area contributed by atoms with Crippen LogP contribution < -0.4 is 10.5 Å². The quantitative estimate of drug-likeness (QED) is 0.788. The summed E-state index contributed by atoms with van der Waals surface area (Å²) in [7, 11) is -3.06. The molecule has 114 valence electrons. The molecule has 0 aliphatic heterocycles. The smallest absolute Gasteiger partial charge is 0.211 e. The van der Waals surface area contributed by atoms with Gasteiger partial charge in [0.2, 0.25) is 10.0 Å². The summed E-state index contributed by atoms with van der Waals surface area (Å²) < 4.78 is 26.5. The van der Waals surface area contributed by atoms with Crippen LogP contribution in [0.3, 0.4) is 0 Å². The van der Waals surface area contributed by atoms with Gasteiger partial charge in [-0.3, -0.25) is 0 Å². The summed E-state index contributed by atoms with van der Waals surface area (Å²) in [5, 5.41) is 0. The van der Waals surface area contributed by atoms with Crippen LogP contribution in [0.2, 0.25) is 0 Å². The molecule has 0 spiro atoms. The molecule has 2 unspecified atom stereocenters. The number of nitrogens with one attached hydrogen (secondary N) is 1. The Bertz CT molecular complexity index is 358. The van der Waals surface area contributed by atoms with Crippen LogP contribution in [0.5, 0.6) is 0 Å². The van der Waals surface area contributed by atoms with Gasteiger partial charge in [-0.15, -0.1) is 12.4 Å². The largest absolute Gasteiger partial charge is 0.328 e. The fraction of sp³-hybridized carbons (Fsp3) is 1.00. The third-order valence-corrected chi connectivity index (χ3v) is 5.81. The van der Waals surface area contributed by atoms with Crippen LogP contribution in [0.25, 0.3) is 0 Å². The molecule has 2 aliphatic carbocycles. The van der Waals surface area contributed by atoms with Crippen molar-refractivity contribution in [2.45, 2.75) is 57.4 Å². The van der Waals surface area contributed by atoms with Crippen molar-refractivity contribution in [3.63, 3.8) is 0 Å². The second-order valence-corrected chi connectivity index (χ2v) is 7.97. The van der Waals surface area contributed by atoms with Gasteiger partial charge in [-0.05, 0) is 37.5 Å².